The van der Waals surface area contributed by atoms with Gasteiger partial charge in [0.05, 0.1) is 31.4 Å². The first-order valence-corrected chi connectivity index (χ1v) is 11.7. The Labute approximate surface area is 205 Å². The zero-order valence-corrected chi connectivity index (χ0v) is 20.5. The van der Waals surface area contributed by atoms with Crippen molar-refractivity contribution < 1.29 is 14.0 Å². The number of hydrogen-bond acceptors (Lipinski definition) is 6. The lowest BCUT2D eigenvalue weighted by Crippen LogP contribution is -2.53. The molecule has 0 bridgehead atoms. The first kappa shape index (κ1) is 23.1. The number of methoxy groups -OCH3 is 1. The third-order valence-corrected chi connectivity index (χ3v) is 6.45. The molecule has 5 rings (SSSR count). The molecular weight excluding hydrogens is 445 g/mol. The standard InChI is InChI=1S/C27H30FN5O2/c1-19-16-32(18-29-19)24-12-7-20(15-25(24)34-4)14-21-6-5-13-33-26(21)30-35-27(33,17-31(2)3)22-8-10-23(28)11-9-22/h7-12,14-16,18H,5-6,13,17H2,1-4H3/t27-/m1/s1. The molecule has 0 amide bonds. The number of fused-ring (bicyclic) bond motifs is 1. The summed E-state index contributed by atoms with van der Waals surface area (Å²) >= 11 is 0. The number of aromatic nitrogens is 2. The summed E-state index contributed by atoms with van der Waals surface area (Å²) in [6.45, 7) is 3.36. The molecule has 1 fully saturated rings. The molecule has 7 nitrogen and oxygen atoms in total. The number of likely N-dealkylation sites (N-methyl/N-ethyl adjacent to an activating group) is 1. The third-order valence-electron chi connectivity index (χ3n) is 6.45. The molecule has 3 heterocycles. The van der Waals surface area contributed by atoms with E-state index in [1.807, 2.05) is 43.9 Å². The van der Waals surface area contributed by atoms with E-state index in [4.69, 9.17) is 9.57 Å². The van der Waals surface area contributed by atoms with Crippen LogP contribution in [0.25, 0.3) is 11.8 Å². The highest BCUT2D eigenvalue weighted by Gasteiger charge is 2.49. The van der Waals surface area contributed by atoms with E-state index in [0.29, 0.717) is 6.54 Å². The number of hydrogen-bond donors (Lipinski definition) is 0. The second-order valence-corrected chi connectivity index (χ2v) is 9.31. The van der Waals surface area contributed by atoms with Crippen molar-refractivity contribution in [2.75, 3.05) is 34.3 Å². The van der Waals surface area contributed by atoms with Gasteiger partial charge in [0.2, 0.25) is 5.72 Å². The van der Waals surface area contributed by atoms with Gasteiger partial charge in [-0.2, -0.15) is 0 Å². The Balaban J connectivity index is 1.49. The smallest absolute Gasteiger partial charge is 0.249 e. The number of aryl methyl sites for hydroxylation is 1. The molecule has 0 spiro atoms. The van der Waals surface area contributed by atoms with Crippen molar-refractivity contribution in [3.8, 4) is 11.4 Å². The Morgan fingerprint density at radius 3 is 2.69 bits per heavy atom. The van der Waals surface area contributed by atoms with Gasteiger partial charge in [-0.25, -0.2) is 9.37 Å². The minimum absolute atomic E-state index is 0.268. The lowest BCUT2D eigenvalue weighted by Gasteiger charge is -2.41. The van der Waals surface area contributed by atoms with E-state index in [2.05, 4.69) is 32.1 Å². The molecule has 8 heteroatoms. The summed E-state index contributed by atoms with van der Waals surface area (Å²) in [7, 11) is 5.68. The van der Waals surface area contributed by atoms with E-state index in [0.717, 1.165) is 59.1 Å². The summed E-state index contributed by atoms with van der Waals surface area (Å²) < 4.78 is 21.3. The van der Waals surface area contributed by atoms with Gasteiger partial charge >= 0.3 is 0 Å². The molecule has 0 saturated carbocycles. The van der Waals surface area contributed by atoms with Crippen molar-refractivity contribution in [2.24, 2.45) is 5.16 Å². The van der Waals surface area contributed by atoms with Gasteiger partial charge in [-0.3, -0.25) is 0 Å². The van der Waals surface area contributed by atoms with Gasteiger partial charge in [0.15, 0.2) is 5.84 Å². The maximum absolute atomic E-state index is 13.7. The van der Waals surface area contributed by atoms with Crippen LogP contribution in [0.15, 0.2) is 65.7 Å². The predicted octanol–water partition coefficient (Wildman–Crippen LogP) is 4.57. The van der Waals surface area contributed by atoms with E-state index >= 15 is 0 Å². The van der Waals surface area contributed by atoms with E-state index in [1.54, 1.807) is 25.6 Å². The highest BCUT2D eigenvalue weighted by molar-refractivity contribution is 6.03. The van der Waals surface area contributed by atoms with Crippen molar-refractivity contribution in [3.63, 3.8) is 0 Å². The summed E-state index contributed by atoms with van der Waals surface area (Å²) in [6, 6.07) is 12.7. The van der Waals surface area contributed by atoms with Gasteiger partial charge in [-0.1, -0.05) is 23.4 Å². The van der Waals surface area contributed by atoms with Crippen molar-refractivity contribution in [3.05, 3.63) is 83.2 Å². The fourth-order valence-corrected chi connectivity index (χ4v) is 4.89. The summed E-state index contributed by atoms with van der Waals surface area (Å²) in [5, 5.41) is 4.56. The molecule has 0 unspecified atom stereocenters. The van der Waals surface area contributed by atoms with Gasteiger partial charge in [-0.05, 0) is 75.3 Å². The van der Waals surface area contributed by atoms with E-state index in [-0.39, 0.29) is 5.82 Å². The molecule has 0 N–H and O–H groups in total. The van der Waals surface area contributed by atoms with Gasteiger partial charge in [0, 0.05) is 18.3 Å². The molecular formula is C27H30FN5O2. The number of nitrogens with zero attached hydrogens (tertiary/aromatic N) is 5. The monoisotopic (exact) mass is 475 g/mol. The molecule has 3 aromatic rings. The highest BCUT2D eigenvalue weighted by atomic mass is 19.1. The fraction of sp³-hybridized carbons (Fsp3) is 0.333. The van der Waals surface area contributed by atoms with Gasteiger partial charge in [-0.15, -0.1) is 0 Å². The van der Waals surface area contributed by atoms with E-state index in [9.17, 15) is 4.39 Å². The van der Waals surface area contributed by atoms with Crippen LogP contribution >= 0.6 is 0 Å². The van der Waals surface area contributed by atoms with E-state index < -0.39 is 5.72 Å². The van der Waals surface area contributed by atoms with Crippen LogP contribution in [0.5, 0.6) is 5.75 Å². The summed E-state index contributed by atoms with van der Waals surface area (Å²) in [4.78, 5) is 14.8. The molecule has 0 radical (unpaired) electrons. The third kappa shape index (κ3) is 4.30. The molecule has 182 valence electrons. The Morgan fingerprint density at radius 2 is 2.00 bits per heavy atom. The van der Waals surface area contributed by atoms with Gasteiger partial charge in [0.25, 0.3) is 0 Å². The SMILES string of the molecule is COc1cc(C=C2CCCN3C2=NO[C@]3(CN(C)C)c2ccc(F)cc2)ccc1-n1cnc(C)c1. The molecule has 2 aliphatic heterocycles. The summed E-state index contributed by atoms with van der Waals surface area (Å²) in [5.41, 5.74) is 4.09. The minimum Gasteiger partial charge on any atom is -0.495 e. The number of imidazole rings is 1. The first-order chi connectivity index (χ1) is 16.9. The van der Waals surface area contributed by atoms with Crippen molar-refractivity contribution in [2.45, 2.75) is 25.5 Å². The molecule has 1 aromatic heterocycles. The van der Waals surface area contributed by atoms with Gasteiger partial charge in [0.1, 0.15) is 11.6 Å². The Morgan fingerprint density at radius 1 is 1.20 bits per heavy atom. The van der Waals surface area contributed by atoms with Crippen molar-refractivity contribution in [1.82, 2.24) is 19.4 Å². The number of oxime groups is 1. The van der Waals surface area contributed by atoms with Crippen LogP contribution in [0.1, 0.15) is 29.7 Å². The second kappa shape index (κ2) is 9.19. The Hall–Kier alpha value is -3.65. The zero-order chi connectivity index (χ0) is 24.6. The number of ether oxygens (including phenoxy) is 1. The molecule has 2 aliphatic rings. The summed E-state index contributed by atoms with van der Waals surface area (Å²) in [5.74, 6) is 1.33. The van der Waals surface area contributed by atoms with Crippen molar-refractivity contribution in [1.29, 1.82) is 0 Å². The molecule has 1 saturated heterocycles. The number of halogens is 1. The molecule has 0 aliphatic carbocycles. The average Bonchev–Trinajstić information content (AvgIpc) is 3.44. The van der Waals surface area contributed by atoms with E-state index in [1.165, 1.54) is 12.1 Å². The van der Waals surface area contributed by atoms with Crippen LogP contribution in [0.4, 0.5) is 4.39 Å². The maximum Gasteiger partial charge on any atom is 0.249 e. The zero-order valence-electron chi connectivity index (χ0n) is 20.5. The Bertz CT molecular complexity index is 1280. The van der Waals surface area contributed by atoms with Crippen LogP contribution in [0.2, 0.25) is 0 Å². The van der Waals surface area contributed by atoms with Crippen LogP contribution < -0.4 is 4.74 Å². The largest absolute Gasteiger partial charge is 0.495 e. The highest BCUT2D eigenvalue weighted by Crippen LogP contribution is 2.41. The van der Waals surface area contributed by atoms with Crippen molar-refractivity contribution >= 4 is 11.9 Å². The quantitative estimate of drug-likeness (QED) is 0.523. The normalized spacial score (nSPS) is 20.7. The minimum atomic E-state index is -0.799. The fourth-order valence-electron chi connectivity index (χ4n) is 4.89. The van der Waals surface area contributed by atoms with Crippen LogP contribution in [0, 0.1) is 12.7 Å². The van der Waals surface area contributed by atoms with Crippen LogP contribution in [-0.4, -0.2) is 59.5 Å². The second-order valence-electron chi connectivity index (χ2n) is 9.31. The number of rotatable bonds is 6. The number of amidine groups is 1. The molecule has 35 heavy (non-hydrogen) atoms. The van der Waals surface area contributed by atoms with Gasteiger partial charge < -0.3 is 23.9 Å². The lowest BCUT2D eigenvalue weighted by molar-refractivity contribution is -0.119. The average molecular weight is 476 g/mol. The Kier molecular flexibility index (Phi) is 6.06. The molecule has 2 aromatic carbocycles. The van der Waals surface area contributed by atoms with Crippen LogP contribution in [-0.2, 0) is 10.6 Å². The van der Waals surface area contributed by atoms with Crippen LogP contribution in [0.3, 0.4) is 0 Å². The topological polar surface area (TPSA) is 55.1 Å². The maximum atomic E-state index is 13.7. The number of benzene rings is 2. The first-order valence-electron chi connectivity index (χ1n) is 11.7. The predicted molar refractivity (Wildman–Crippen MR) is 134 cm³/mol. The lowest BCUT2D eigenvalue weighted by atomic mass is 9.94. The number of piperidine rings is 1. The summed E-state index contributed by atoms with van der Waals surface area (Å²) in [6.07, 6.45) is 7.77. The molecule has 1 atom stereocenters.